The molecule has 0 spiro atoms. The lowest BCUT2D eigenvalue weighted by molar-refractivity contribution is 0.356. The van der Waals surface area contributed by atoms with Gasteiger partial charge in [0, 0.05) is 11.6 Å². The van der Waals surface area contributed by atoms with Gasteiger partial charge in [0.1, 0.15) is 5.76 Å². The smallest absolute Gasteiger partial charge is 0.138 e. The monoisotopic (exact) mass is 224 g/mol. The fraction of sp³-hybridized carbons (Fsp3) is 0.769. The lowest BCUT2D eigenvalue weighted by Crippen LogP contribution is -2.24. The number of aryl methyl sites for hydroxylation is 2. The van der Waals surface area contributed by atoms with E-state index in [1.807, 2.05) is 13.8 Å². The molecule has 0 aliphatic rings. The van der Waals surface area contributed by atoms with Gasteiger partial charge in [-0.25, -0.2) is 0 Å². The minimum absolute atomic E-state index is 0.314. The summed E-state index contributed by atoms with van der Waals surface area (Å²) in [5.74, 6) is 0.924. The van der Waals surface area contributed by atoms with E-state index >= 15 is 0 Å². The van der Waals surface area contributed by atoms with E-state index in [0.29, 0.717) is 11.5 Å². The number of aromatic nitrogens is 1. The van der Waals surface area contributed by atoms with Crippen molar-refractivity contribution < 1.29 is 4.52 Å². The van der Waals surface area contributed by atoms with Crippen LogP contribution in [0.25, 0.3) is 0 Å². The highest BCUT2D eigenvalue weighted by atomic mass is 16.5. The first kappa shape index (κ1) is 13.2. The first-order chi connectivity index (χ1) is 7.31. The number of nitrogens with zero attached hydrogens (tertiary/aromatic N) is 1. The third-order valence-electron chi connectivity index (χ3n) is 2.85. The lowest BCUT2D eigenvalue weighted by Gasteiger charge is -2.20. The van der Waals surface area contributed by atoms with E-state index in [1.54, 1.807) is 0 Å². The molecule has 3 nitrogen and oxygen atoms in total. The zero-order valence-corrected chi connectivity index (χ0v) is 11.3. The summed E-state index contributed by atoms with van der Waals surface area (Å²) in [5.41, 5.74) is 2.58. The van der Waals surface area contributed by atoms with Crippen molar-refractivity contribution in [1.82, 2.24) is 10.5 Å². The zero-order valence-electron chi connectivity index (χ0n) is 11.3. The van der Waals surface area contributed by atoms with Crippen molar-refractivity contribution >= 4 is 0 Å². The Hall–Kier alpha value is -0.830. The largest absolute Gasteiger partial charge is 0.361 e. The topological polar surface area (TPSA) is 38.1 Å². The summed E-state index contributed by atoms with van der Waals surface area (Å²) in [7, 11) is 0. The SMILES string of the molecule is Cc1noc(C)c1C(C)NCCC(C)(C)C. The van der Waals surface area contributed by atoms with Crippen LogP contribution in [0.2, 0.25) is 0 Å². The van der Waals surface area contributed by atoms with Crippen molar-refractivity contribution in [2.75, 3.05) is 6.54 Å². The van der Waals surface area contributed by atoms with Crippen LogP contribution in [0, 0.1) is 19.3 Å². The summed E-state index contributed by atoms with van der Waals surface area (Å²) in [4.78, 5) is 0. The molecule has 0 radical (unpaired) electrons. The van der Waals surface area contributed by atoms with Crippen molar-refractivity contribution in [3.05, 3.63) is 17.0 Å². The molecule has 0 fully saturated rings. The Labute approximate surface area is 98.6 Å². The Bertz CT molecular complexity index is 317. The lowest BCUT2D eigenvalue weighted by atomic mass is 9.92. The standard InChI is InChI=1S/C13H24N2O/c1-9(14-8-7-13(4,5)6)12-10(2)15-16-11(12)3/h9,14H,7-8H2,1-6H3. The molecule has 92 valence electrons. The Morgan fingerprint density at radius 1 is 1.31 bits per heavy atom. The highest BCUT2D eigenvalue weighted by molar-refractivity contribution is 5.24. The van der Waals surface area contributed by atoms with Crippen molar-refractivity contribution in [3.63, 3.8) is 0 Å². The van der Waals surface area contributed by atoms with Crippen molar-refractivity contribution in [2.45, 2.75) is 54.0 Å². The van der Waals surface area contributed by atoms with Crippen LogP contribution in [-0.4, -0.2) is 11.7 Å². The van der Waals surface area contributed by atoms with Gasteiger partial charge in [0.25, 0.3) is 0 Å². The molecule has 1 rings (SSSR count). The summed E-state index contributed by atoms with van der Waals surface area (Å²) in [6.07, 6.45) is 1.17. The minimum atomic E-state index is 0.314. The molecule has 0 saturated heterocycles. The molecule has 0 aliphatic carbocycles. The maximum Gasteiger partial charge on any atom is 0.138 e. The van der Waals surface area contributed by atoms with Gasteiger partial charge in [-0.15, -0.1) is 0 Å². The third kappa shape index (κ3) is 3.63. The first-order valence-corrected chi connectivity index (χ1v) is 5.97. The van der Waals surface area contributed by atoms with Crippen LogP contribution < -0.4 is 5.32 Å². The third-order valence-corrected chi connectivity index (χ3v) is 2.85. The molecule has 3 heteroatoms. The van der Waals surface area contributed by atoms with Crippen LogP contribution in [0.3, 0.4) is 0 Å². The zero-order chi connectivity index (χ0) is 12.3. The van der Waals surface area contributed by atoms with Gasteiger partial charge in [-0.3, -0.25) is 0 Å². The fourth-order valence-electron chi connectivity index (χ4n) is 1.87. The Balaban J connectivity index is 2.50. The van der Waals surface area contributed by atoms with E-state index in [9.17, 15) is 0 Å². The second kappa shape index (κ2) is 5.00. The van der Waals surface area contributed by atoms with Crippen LogP contribution >= 0.6 is 0 Å². The van der Waals surface area contributed by atoms with E-state index in [2.05, 4.69) is 38.2 Å². The van der Waals surface area contributed by atoms with Crippen LogP contribution in [0.5, 0.6) is 0 Å². The van der Waals surface area contributed by atoms with Crippen LogP contribution in [0.1, 0.15) is 57.2 Å². The van der Waals surface area contributed by atoms with Gasteiger partial charge >= 0.3 is 0 Å². The van der Waals surface area contributed by atoms with Gasteiger partial charge < -0.3 is 9.84 Å². The molecular formula is C13H24N2O. The van der Waals surface area contributed by atoms with Gasteiger partial charge in [-0.05, 0) is 39.2 Å². The highest BCUT2D eigenvalue weighted by Crippen LogP contribution is 2.22. The molecule has 0 bridgehead atoms. The highest BCUT2D eigenvalue weighted by Gasteiger charge is 2.16. The summed E-state index contributed by atoms with van der Waals surface area (Å²) in [6.45, 7) is 13.9. The maximum atomic E-state index is 5.17. The van der Waals surface area contributed by atoms with Gasteiger partial charge in [0.15, 0.2) is 0 Å². The number of hydrogen-bond donors (Lipinski definition) is 1. The molecule has 1 atom stereocenters. The van der Waals surface area contributed by atoms with E-state index in [4.69, 9.17) is 4.52 Å². The van der Waals surface area contributed by atoms with Gasteiger partial charge in [-0.1, -0.05) is 25.9 Å². The summed E-state index contributed by atoms with van der Waals surface area (Å²) in [6, 6.07) is 0.314. The molecule has 0 aliphatic heterocycles. The molecule has 1 aromatic heterocycles. The van der Waals surface area contributed by atoms with E-state index in [0.717, 1.165) is 18.0 Å². The second-order valence-electron chi connectivity index (χ2n) is 5.72. The molecule has 0 saturated carbocycles. The Kier molecular flexibility index (Phi) is 4.14. The average Bonchev–Trinajstić information content (AvgIpc) is 2.43. The molecule has 0 aromatic carbocycles. The molecular weight excluding hydrogens is 200 g/mol. The summed E-state index contributed by atoms with van der Waals surface area (Å²) < 4.78 is 5.17. The molecule has 0 amide bonds. The second-order valence-corrected chi connectivity index (χ2v) is 5.72. The molecule has 1 heterocycles. The van der Waals surface area contributed by atoms with E-state index < -0.39 is 0 Å². The average molecular weight is 224 g/mol. The minimum Gasteiger partial charge on any atom is -0.361 e. The van der Waals surface area contributed by atoms with Crippen molar-refractivity contribution in [2.24, 2.45) is 5.41 Å². The van der Waals surface area contributed by atoms with Crippen molar-refractivity contribution in [3.8, 4) is 0 Å². The Morgan fingerprint density at radius 2 is 1.94 bits per heavy atom. The predicted octanol–water partition coefficient (Wildman–Crippen LogP) is 3.38. The number of rotatable bonds is 4. The van der Waals surface area contributed by atoms with Crippen LogP contribution in [0.4, 0.5) is 0 Å². The quantitative estimate of drug-likeness (QED) is 0.852. The van der Waals surface area contributed by atoms with E-state index in [-0.39, 0.29) is 0 Å². The van der Waals surface area contributed by atoms with Crippen molar-refractivity contribution in [1.29, 1.82) is 0 Å². The summed E-state index contributed by atoms with van der Waals surface area (Å²) >= 11 is 0. The van der Waals surface area contributed by atoms with Gasteiger partial charge in [-0.2, -0.15) is 0 Å². The maximum absolute atomic E-state index is 5.17. The number of nitrogens with one attached hydrogen (secondary N) is 1. The molecule has 1 N–H and O–H groups in total. The van der Waals surface area contributed by atoms with E-state index in [1.165, 1.54) is 12.0 Å². The first-order valence-electron chi connectivity index (χ1n) is 5.97. The summed E-state index contributed by atoms with van der Waals surface area (Å²) in [5, 5.41) is 7.50. The molecule has 1 unspecified atom stereocenters. The molecule has 1 aromatic rings. The van der Waals surface area contributed by atoms with Crippen LogP contribution in [-0.2, 0) is 0 Å². The normalized spacial score (nSPS) is 14.1. The fourth-order valence-corrected chi connectivity index (χ4v) is 1.87. The molecule has 16 heavy (non-hydrogen) atoms. The van der Waals surface area contributed by atoms with Gasteiger partial charge in [0.05, 0.1) is 5.69 Å². The Morgan fingerprint density at radius 3 is 2.38 bits per heavy atom. The number of hydrogen-bond acceptors (Lipinski definition) is 3. The van der Waals surface area contributed by atoms with Crippen LogP contribution in [0.15, 0.2) is 4.52 Å². The predicted molar refractivity (Wildman–Crippen MR) is 66.5 cm³/mol. The van der Waals surface area contributed by atoms with Gasteiger partial charge in [0.2, 0.25) is 0 Å².